The van der Waals surface area contributed by atoms with Crippen LogP contribution >= 0.6 is 0 Å². The minimum Gasteiger partial charge on any atom is -0.494 e. The number of nitrogens with one attached hydrogen (secondary N) is 2. The molecule has 0 saturated carbocycles. The molecule has 4 rings (SSSR count). The van der Waals surface area contributed by atoms with Crippen LogP contribution < -0.4 is 15.0 Å². The average molecular weight is 500 g/mol. The lowest BCUT2D eigenvalue weighted by molar-refractivity contribution is 0.411. The van der Waals surface area contributed by atoms with Gasteiger partial charge in [-0.1, -0.05) is 6.92 Å². The first kappa shape index (κ1) is 24.1. The van der Waals surface area contributed by atoms with E-state index >= 15 is 0 Å². The van der Waals surface area contributed by atoms with Crippen molar-refractivity contribution < 1.29 is 17.6 Å². The number of nitrogens with zero attached hydrogens (tertiary/aromatic N) is 5. The number of hydrogen-bond acceptors (Lipinski definition) is 9. The molecule has 4 heterocycles. The Bertz CT molecular complexity index is 1510. The Morgan fingerprint density at radius 2 is 1.83 bits per heavy atom. The lowest BCUT2D eigenvalue weighted by Gasteiger charge is -2.20. The van der Waals surface area contributed by atoms with E-state index in [0.717, 1.165) is 5.56 Å². The molecular weight excluding hydrogens is 474 g/mol. The Morgan fingerprint density at radius 1 is 1.11 bits per heavy atom. The highest BCUT2D eigenvalue weighted by Gasteiger charge is 2.32. The summed E-state index contributed by atoms with van der Waals surface area (Å²) in [6.45, 7) is 6.87. The summed E-state index contributed by atoms with van der Waals surface area (Å²) < 4.78 is 41.5. The standard InChI is InChI=1S/C22H25N7O5S/c1-12-10-24-19(25-11-12)14(3)15(4)35(31,32)28-22-27-26-20(17-7-6-13(2)34-17)29(22)18-16(33-5)8-9-23-21(18)30/h6-11,14-15H,1-5H3,(H,23,30)(H,27,28). The molecule has 2 atom stereocenters. The molecule has 12 nitrogen and oxygen atoms in total. The van der Waals surface area contributed by atoms with Gasteiger partial charge in [0.15, 0.2) is 11.4 Å². The normalized spacial score (nSPS) is 13.4. The first-order valence-corrected chi connectivity index (χ1v) is 12.3. The van der Waals surface area contributed by atoms with Crippen molar-refractivity contribution >= 4 is 16.0 Å². The summed E-state index contributed by atoms with van der Waals surface area (Å²) in [7, 11) is -2.64. The number of aromatic nitrogens is 6. The first-order chi connectivity index (χ1) is 16.6. The monoisotopic (exact) mass is 499 g/mol. The smallest absolute Gasteiger partial charge is 0.276 e. The van der Waals surface area contributed by atoms with Crippen LogP contribution in [0.15, 0.2) is 46.0 Å². The van der Waals surface area contributed by atoms with Gasteiger partial charge in [-0.2, -0.15) is 0 Å². The SMILES string of the molecule is COc1cc[nH]c(=O)c1-n1c(NS(=O)(=O)C(C)C(C)c2ncc(C)cn2)nnc1-c1ccc(C)o1. The van der Waals surface area contributed by atoms with Crippen molar-refractivity contribution in [1.82, 2.24) is 29.7 Å². The molecule has 0 bridgehead atoms. The number of furan rings is 1. The topological polar surface area (TPSA) is 158 Å². The van der Waals surface area contributed by atoms with Gasteiger partial charge >= 0.3 is 0 Å². The fraction of sp³-hybridized carbons (Fsp3) is 0.318. The quantitative estimate of drug-likeness (QED) is 0.371. The largest absolute Gasteiger partial charge is 0.494 e. The van der Waals surface area contributed by atoms with Crippen molar-refractivity contribution in [2.24, 2.45) is 0 Å². The maximum absolute atomic E-state index is 13.4. The minimum absolute atomic E-state index is 0.00989. The van der Waals surface area contributed by atoms with Crippen LogP contribution in [-0.4, -0.2) is 50.5 Å². The lowest BCUT2D eigenvalue weighted by Crippen LogP contribution is -2.32. The molecule has 0 spiro atoms. The number of pyridine rings is 1. The van der Waals surface area contributed by atoms with E-state index in [0.29, 0.717) is 17.3 Å². The van der Waals surface area contributed by atoms with E-state index in [1.54, 1.807) is 45.3 Å². The van der Waals surface area contributed by atoms with Crippen LogP contribution in [0.3, 0.4) is 0 Å². The molecule has 13 heteroatoms. The van der Waals surface area contributed by atoms with E-state index < -0.39 is 26.8 Å². The van der Waals surface area contributed by atoms with Crippen LogP contribution in [-0.2, 0) is 10.0 Å². The van der Waals surface area contributed by atoms with Crippen molar-refractivity contribution in [1.29, 1.82) is 0 Å². The summed E-state index contributed by atoms with van der Waals surface area (Å²) >= 11 is 0. The maximum atomic E-state index is 13.4. The van der Waals surface area contributed by atoms with E-state index in [9.17, 15) is 13.2 Å². The summed E-state index contributed by atoms with van der Waals surface area (Å²) in [6.07, 6.45) is 4.68. The third-order valence-corrected chi connectivity index (χ3v) is 7.45. The van der Waals surface area contributed by atoms with Gasteiger partial charge in [0.05, 0.1) is 12.4 Å². The minimum atomic E-state index is -4.03. The third-order valence-electron chi connectivity index (χ3n) is 5.60. The number of anilines is 1. The van der Waals surface area contributed by atoms with Crippen LogP contribution in [0.4, 0.5) is 5.95 Å². The summed E-state index contributed by atoms with van der Waals surface area (Å²) in [6, 6.07) is 4.90. The van der Waals surface area contributed by atoms with Crippen LogP contribution in [0.1, 0.15) is 36.9 Å². The van der Waals surface area contributed by atoms with Gasteiger partial charge in [-0.25, -0.2) is 23.0 Å². The molecule has 0 amide bonds. The summed E-state index contributed by atoms with van der Waals surface area (Å²) in [5.74, 6) is 0.856. The number of hydrogen-bond donors (Lipinski definition) is 2. The molecule has 0 aliphatic rings. The van der Waals surface area contributed by atoms with Gasteiger partial charge in [-0.05, 0) is 44.5 Å². The van der Waals surface area contributed by atoms with Crippen molar-refractivity contribution in [2.75, 3.05) is 11.8 Å². The molecule has 35 heavy (non-hydrogen) atoms. The zero-order valence-electron chi connectivity index (χ0n) is 19.8. The Hall–Kier alpha value is -4.00. The van der Waals surface area contributed by atoms with Gasteiger partial charge in [0, 0.05) is 24.5 Å². The fourth-order valence-corrected chi connectivity index (χ4v) is 4.67. The molecule has 0 saturated heterocycles. The molecule has 2 N–H and O–H groups in total. The van der Waals surface area contributed by atoms with Gasteiger partial charge in [0.1, 0.15) is 17.3 Å². The van der Waals surface area contributed by atoms with Gasteiger partial charge in [0.25, 0.3) is 5.56 Å². The van der Waals surface area contributed by atoms with Gasteiger partial charge in [-0.3, -0.25) is 9.52 Å². The Kier molecular flexibility index (Phi) is 6.43. The van der Waals surface area contributed by atoms with Crippen LogP contribution in [0, 0.1) is 13.8 Å². The highest BCUT2D eigenvalue weighted by Crippen LogP contribution is 2.31. The maximum Gasteiger partial charge on any atom is 0.276 e. The van der Waals surface area contributed by atoms with E-state index in [4.69, 9.17) is 9.15 Å². The highest BCUT2D eigenvalue weighted by atomic mass is 32.2. The van der Waals surface area contributed by atoms with E-state index in [1.165, 1.54) is 23.9 Å². The number of methoxy groups -OCH3 is 1. The van der Waals surface area contributed by atoms with Crippen molar-refractivity contribution in [2.45, 2.75) is 38.9 Å². The molecule has 0 radical (unpaired) electrons. The van der Waals surface area contributed by atoms with Crippen LogP contribution in [0.2, 0.25) is 0 Å². The van der Waals surface area contributed by atoms with E-state index in [1.807, 2.05) is 6.92 Å². The number of aryl methyl sites for hydroxylation is 2. The predicted molar refractivity (Wildman–Crippen MR) is 128 cm³/mol. The summed E-state index contributed by atoms with van der Waals surface area (Å²) in [4.78, 5) is 23.9. The molecule has 184 valence electrons. The molecule has 4 aromatic heterocycles. The van der Waals surface area contributed by atoms with E-state index in [2.05, 4.69) is 29.9 Å². The molecule has 0 fully saturated rings. The molecule has 4 aromatic rings. The summed E-state index contributed by atoms with van der Waals surface area (Å²) in [5, 5.41) is 7.19. The van der Waals surface area contributed by atoms with Crippen molar-refractivity contribution in [3.63, 3.8) is 0 Å². The van der Waals surface area contributed by atoms with Crippen LogP contribution in [0.25, 0.3) is 17.3 Å². The predicted octanol–water partition coefficient (Wildman–Crippen LogP) is 2.56. The highest BCUT2D eigenvalue weighted by molar-refractivity contribution is 7.93. The van der Waals surface area contributed by atoms with Gasteiger partial charge < -0.3 is 14.1 Å². The van der Waals surface area contributed by atoms with Crippen LogP contribution in [0.5, 0.6) is 5.75 Å². The zero-order chi connectivity index (χ0) is 25.3. The fourth-order valence-electron chi connectivity index (χ4n) is 3.44. The number of sulfonamides is 1. The zero-order valence-corrected chi connectivity index (χ0v) is 20.6. The molecule has 0 aliphatic heterocycles. The second-order valence-electron chi connectivity index (χ2n) is 8.08. The number of ether oxygens (including phenoxy) is 1. The molecule has 2 unspecified atom stereocenters. The van der Waals surface area contributed by atoms with Gasteiger partial charge in [0.2, 0.25) is 21.8 Å². The Balaban J connectivity index is 1.80. The Labute approximate surface area is 201 Å². The molecular formula is C22H25N7O5S. The van der Waals surface area contributed by atoms with Gasteiger partial charge in [-0.15, -0.1) is 10.2 Å². The lowest BCUT2D eigenvalue weighted by atomic mass is 10.1. The number of rotatable bonds is 8. The second-order valence-corrected chi connectivity index (χ2v) is 10.1. The molecule has 0 aromatic carbocycles. The Morgan fingerprint density at radius 3 is 2.46 bits per heavy atom. The molecule has 0 aliphatic carbocycles. The third kappa shape index (κ3) is 4.67. The van der Waals surface area contributed by atoms with Crippen molar-refractivity contribution in [3.8, 4) is 23.0 Å². The second kappa shape index (κ2) is 9.33. The summed E-state index contributed by atoms with van der Waals surface area (Å²) in [5.41, 5.74) is 0.318. The first-order valence-electron chi connectivity index (χ1n) is 10.7. The van der Waals surface area contributed by atoms with Crippen molar-refractivity contribution in [3.05, 3.63) is 64.3 Å². The van der Waals surface area contributed by atoms with E-state index in [-0.39, 0.29) is 23.2 Å². The number of aromatic amines is 1. The average Bonchev–Trinajstić information content (AvgIpc) is 3.43. The number of H-pyrrole nitrogens is 1.